The molecule has 2 bridgehead atoms. The van der Waals surface area contributed by atoms with Gasteiger partial charge in [0, 0.05) is 18.6 Å². The minimum absolute atomic E-state index is 0.214. The molecule has 5 atom stereocenters. The van der Waals surface area contributed by atoms with Crippen LogP contribution in [-0.4, -0.2) is 50.9 Å². The molecule has 0 spiro atoms. The van der Waals surface area contributed by atoms with Crippen LogP contribution in [0.1, 0.15) is 32.6 Å². The lowest BCUT2D eigenvalue weighted by molar-refractivity contribution is -0.0613. The summed E-state index contributed by atoms with van der Waals surface area (Å²) in [6, 6.07) is 0. The van der Waals surface area contributed by atoms with Gasteiger partial charge in [-0.15, -0.1) is 0 Å². The number of rotatable bonds is 9. The van der Waals surface area contributed by atoms with E-state index in [4.69, 9.17) is 19.3 Å². The van der Waals surface area contributed by atoms with Crippen LogP contribution in [0.25, 0.3) is 0 Å². The van der Waals surface area contributed by atoms with E-state index in [1.165, 1.54) is 19.3 Å². The maximum absolute atomic E-state index is 8.85. The third-order valence-electron chi connectivity index (χ3n) is 5.51. The highest BCUT2D eigenvalue weighted by molar-refractivity contribution is 5.03. The zero-order chi connectivity index (χ0) is 14.0. The summed E-state index contributed by atoms with van der Waals surface area (Å²) in [6.07, 6.45) is 5.02. The molecule has 1 N–H and O–H groups in total. The van der Waals surface area contributed by atoms with Crippen molar-refractivity contribution in [1.82, 2.24) is 0 Å². The normalized spacial score (nSPS) is 42.3. The van der Waals surface area contributed by atoms with Gasteiger partial charge in [0.1, 0.15) is 6.10 Å². The highest BCUT2D eigenvalue weighted by Gasteiger charge is 2.54. The summed E-state index contributed by atoms with van der Waals surface area (Å²) in [5.74, 6) is 2.50. The van der Waals surface area contributed by atoms with E-state index < -0.39 is 0 Å². The van der Waals surface area contributed by atoms with E-state index in [-0.39, 0.29) is 12.0 Å². The first-order valence-electron chi connectivity index (χ1n) is 8.11. The van der Waals surface area contributed by atoms with E-state index >= 15 is 0 Å². The molecule has 0 amide bonds. The summed E-state index contributed by atoms with van der Waals surface area (Å²) in [6.45, 7) is 6.49. The molecular weight excluding hydrogens is 256 g/mol. The van der Waals surface area contributed by atoms with Gasteiger partial charge in [-0.25, -0.2) is 0 Å². The highest BCUT2D eigenvalue weighted by Crippen LogP contribution is 2.58. The second-order valence-corrected chi connectivity index (χ2v) is 7.07. The molecule has 2 aliphatic carbocycles. The van der Waals surface area contributed by atoms with Gasteiger partial charge in [0.15, 0.2) is 0 Å². The van der Waals surface area contributed by atoms with Crippen molar-refractivity contribution >= 4 is 0 Å². The predicted octanol–water partition coefficient (Wildman–Crippen LogP) is 1.85. The summed E-state index contributed by atoms with van der Waals surface area (Å²) < 4.78 is 17.0. The Balaban J connectivity index is 1.52. The van der Waals surface area contributed by atoms with Crippen molar-refractivity contribution in [1.29, 1.82) is 0 Å². The van der Waals surface area contributed by atoms with E-state index in [9.17, 15) is 0 Å². The topological polar surface area (TPSA) is 51.2 Å². The van der Waals surface area contributed by atoms with E-state index in [0.717, 1.165) is 50.6 Å². The van der Waals surface area contributed by atoms with Gasteiger partial charge in [0.2, 0.25) is 0 Å². The molecule has 4 nitrogen and oxygen atoms in total. The van der Waals surface area contributed by atoms with Crippen molar-refractivity contribution in [2.24, 2.45) is 23.2 Å². The second-order valence-electron chi connectivity index (χ2n) is 7.07. The molecule has 3 fully saturated rings. The fourth-order valence-electron chi connectivity index (χ4n) is 4.20. The van der Waals surface area contributed by atoms with Crippen molar-refractivity contribution in [3.8, 4) is 0 Å². The number of aliphatic hydroxyl groups excluding tert-OH is 1. The van der Waals surface area contributed by atoms with Crippen molar-refractivity contribution < 1.29 is 19.3 Å². The Bertz CT molecular complexity index is 316. The number of hydrogen-bond donors (Lipinski definition) is 1. The molecule has 1 saturated heterocycles. The molecule has 0 aromatic heterocycles. The Morgan fingerprint density at radius 2 is 2.05 bits per heavy atom. The van der Waals surface area contributed by atoms with Gasteiger partial charge in [0.05, 0.1) is 26.4 Å². The fraction of sp³-hybridized carbons (Fsp3) is 1.00. The van der Waals surface area contributed by atoms with Gasteiger partial charge in [-0.05, 0) is 43.4 Å². The zero-order valence-corrected chi connectivity index (χ0v) is 12.6. The van der Waals surface area contributed by atoms with E-state index in [2.05, 4.69) is 6.92 Å². The van der Waals surface area contributed by atoms with Gasteiger partial charge in [-0.3, -0.25) is 0 Å². The average Bonchev–Trinajstić information content (AvgIpc) is 3.09. The van der Waals surface area contributed by atoms with E-state index in [1.807, 2.05) is 0 Å². The molecule has 5 unspecified atom stereocenters. The van der Waals surface area contributed by atoms with Gasteiger partial charge in [-0.2, -0.15) is 0 Å². The first-order valence-corrected chi connectivity index (χ1v) is 8.11. The molecule has 2 saturated carbocycles. The van der Waals surface area contributed by atoms with Crippen molar-refractivity contribution in [2.75, 3.05) is 39.6 Å². The smallest absolute Gasteiger partial charge is 0.104 e. The van der Waals surface area contributed by atoms with E-state index in [1.54, 1.807) is 0 Å². The predicted molar refractivity (Wildman–Crippen MR) is 75.5 cm³/mol. The van der Waals surface area contributed by atoms with Crippen LogP contribution in [0.2, 0.25) is 0 Å². The molecule has 3 aliphatic rings. The Morgan fingerprint density at radius 1 is 1.25 bits per heavy atom. The molecule has 3 rings (SSSR count). The van der Waals surface area contributed by atoms with Crippen LogP contribution in [-0.2, 0) is 14.2 Å². The number of aliphatic hydroxyl groups is 1. The SMILES string of the molecule is CC1CC2CC1CC2(COCCCO)COCC1CO1. The molecule has 1 heterocycles. The lowest BCUT2D eigenvalue weighted by Crippen LogP contribution is -2.39. The third-order valence-corrected chi connectivity index (χ3v) is 5.51. The average molecular weight is 284 g/mol. The molecule has 0 aromatic rings. The standard InChI is InChI=1S/C16H28O4/c1-12-5-14-6-13(12)7-16(14,10-18-4-2-3-17)11-19-8-15-9-20-15/h12-15,17H,2-11H2,1H3. The van der Waals surface area contributed by atoms with Gasteiger partial charge in [-0.1, -0.05) is 6.92 Å². The maximum atomic E-state index is 8.85. The minimum Gasteiger partial charge on any atom is -0.396 e. The first kappa shape index (κ1) is 14.8. The van der Waals surface area contributed by atoms with Crippen LogP contribution in [0.3, 0.4) is 0 Å². The first-order chi connectivity index (χ1) is 9.73. The quantitative estimate of drug-likeness (QED) is 0.518. The van der Waals surface area contributed by atoms with Crippen LogP contribution in [0, 0.1) is 23.2 Å². The summed E-state index contributed by atoms with van der Waals surface area (Å²) in [5.41, 5.74) is 0.224. The van der Waals surface area contributed by atoms with Crippen LogP contribution in [0.15, 0.2) is 0 Å². The highest BCUT2D eigenvalue weighted by atomic mass is 16.6. The zero-order valence-electron chi connectivity index (χ0n) is 12.6. The number of ether oxygens (including phenoxy) is 3. The molecule has 4 heteroatoms. The van der Waals surface area contributed by atoms with Gasteiger partial charge in [0.25, 0.3) is 0 Å². The van der Waals surface area contributed by atoms with Crippen LogP contribution < -0.4 is 0 Å². The Kier molecular flexibility index (Phi) is 4.65. The summed E-state index contributed by atoms with van der Waals surface area (Å²) >= 11 is 0. The maximum Gasteiger partial charge on any atom is 0.104 e. The molecule has 0 aromatic carbocycles. The monoisotopic (exact) mass is 284 g/mol. The molecule has 0 radical (unpaired) electrons. The third kappa shape index (κ3) is 3.19. The largest absolute Gasteiger partial charge is 0.396 e. The number of fused-ring (bicyclic) bond motifs is 2. The van der Waals surface area contributed by atoms with Gasteiger partial charge < -0.3 is 19.3 Å². The summed E-state index contributed by atoms with van der Waals surface area (Å²) in [7, 11) is 0. The van der Waals surface area contributed by atoms with Crippen LogP contribution in [0.4, 0.5) is 0 Å². The minimum atomic E-state index is 0.214. The fourth-order valence-corrected chi connectivity index (χ4v) is 4.20. The number of hydrogen-bond acceptors (Lipinski definition) is 4. The van der Waals surface area contributed by atoms with Crippen molar-refractivity contribution in [3.05, 3.63) is 0 Å². The van der Waals surface area contributed by atoms with Crippen molar-refractivity contribution in [3.63, 3.8) is 0 Å². The second kappa shape index (κ2) is 6.30. The summed E-state index contributed by atoms with van der Waals surface area (Å²) in [4.78, 5) is 0. The van der Waals surface area contributed by atoms with Crippen molar-refractivity contribution in [2.45, 2.75) is 38.7 Å². The lowest BCUT2D eigenvalue weighted by Gasteiger charge is -2.39. The Hall–Kier alpha value is -0.160. The lowest BCUT2D eigenvalue weighted by atomic mass is 9.71. The Labute approximate surface area is 121 Å². The van der Waals surface area contributed by atoms with Crippen LogP contribution >= 0.6 is 0 Å². The number of epoxide rings is 1. The molecule has 20 heavy (non-hydrogen) atoms. The summed E-state index contributed by atoms with van der Waals surface area (Å²) in [5, 5.41) is 8.85. The molecule has 1 aliphatic heterocycles. The molecule has 116 valence electrons. The van der Waals surface area contributed by atoms with E-state index in [0.29, 0.717) is 12.7 Å². The molecular formula is C16H28O4. The van der Waals surface area contributed by atoms with Gasteiger partial charge >= 0.3 is 0 Å². The Morgan fingerprint density at radius 3 is 2.65 bits per heavy atom. The van der Waals surface area contributed by atoms with Crippen LogP contribution in [0.5, 0.6) is 0 Å².